The lowest BCUT2D eigenvalue weighted by Gasteiger charge is -2.02. The van der Waals surface area contributed by atoms with Crippen molar-refractivity contribution in [2.45, 2.75) is 6.92 Å². The molecule has 0 unspecified atom stereocenters. The normalized spacial score (nSPS) is 10.8. The highest BCUT2D eigenvalue weighted by molar-refractivity contribution is 14.1. The van der Waals surface area contributed by atoms with Gasteiger partial charge >= 0.3 is 0 Å². The lowest BCUT2D eigenvalue weighted by Crippen LogP contribution is -2.02. The molecule has 0 saturated carbocycles. The third-order valence-corrected chi connectivity index (χ3v) is 3.95. The van der Waals surface area contributed by atoms with Gasteiger partial charge in [-0.2, -0.15) is 0 Å². The molecule has 1 N–H and O–H groups in total. The van der Waals surface area contributed by atoms with Crippen molar-refractivity contribution in [1.29, 1.82) is 0 Å². The van der Waals surface area contributed by atoms with Gasteiger partial charge < -0.3 is 4.98 Å². The quantitative estimate of drug-likeness (QED) is 0.536. The third-order valence-electron chi connectivity index (χ3n) is 3.23. The smallest absolute Gasteiger partial charge is 0.195 e. The van der Waals surface area contributed by atoms with Gasteiger partial charge in [0.15, 0.2) is 5.78 Å². The lowest BCUT2D eigenvalue weighted by atomic mass is 10.0. The maximum absolute atomic E-state index is 12.6. The largest absolute Gasteiger partial charge is 0.358 e. The number of ketones is 1. The van der Waals surface area contributed by atoms with Crippen LogP contribution in [-0.2, 0) is 0 Å². The lowest BCUT2D eigenvalue weighted by molar-refractivity contribution is 0.103. The Morgan fingerprint density at radius 3 is 2.47 bits per heavy atom. The Morgan fingerprint density at radius 2 is 1.74 bits per heavy atom. The number of aryl methyl sites for hydroxylation is 1. The van der Waals surface area contributed by atoms with Gasteiger partial charge in [-0.3, -0.25) is 4.79 Å². The van der Waals surface area contributed by atoms with E-state index in [0.717, 1.165) is 31.3 Å². The summed E-state index contributed by atoms with van der Waals surface area (Å²) < 4.78 is 1.13. The van der Waals surface area contributed by atoms with Crippen LogP contribution in [-0.4, -0.2) is 10.8 Å². The average Bonchev–Trinajstić information content (AvgIpc) is 2.74. The SMILES string of the molecule is Cc1[nH]c2ccccc2c1C(=O)c1ccc(I)cc1. The van der Waals surface area contributed by atoms with Gasteiger partial charge in [0.1, 0.15) is 0 Å². The molecule has 3 rings (SSSR count). The highest BCUT2D eigenvalue weighted by atomic mass is 127. The van der Waals surface area contributed by atoms with Crippen molar-refractivity contribution in [2.75, 3.05) is 0 Å². The fourth-order valence-corrected chi connectivity index (χ4v) is 2.67. The zero-order chi connectivity index (χ0) is 13.4. The van der Waals surface area contributed by atoms with Crippen LogP contribution in [0.25, 0.3) is 10.9 Å². The third kappa shape index (κ3) is 2.18. The van der Waals surface area contributed by atoms with Crippen molar-refractivity contribution >= 4 is 39.3 Å². The molecule has 0 spiro atoms. The zero-order valence-corrected chi connectivity index (χ0v) is 12.6. The van der Waals surface area contributed by atoms with Crippen LogP contribution in [0.2, 0.25) is 0 Å². The molecule has 1 heterocycles. The Kier molecular flexibility index (Phi) is 3.14. The highest BCUT2D eigenvalue weighted by Crippen LogP contribution is 2.24. The second-order valence-corrected chi connectivity index (χ2v) is 5.75. The molecule has 0 aliphatic heterocycles. The van der Waals surface area contributed by atoms with Gasteiger partial charge in [0.2, 0.25) is 0 Å². The minimum absolute atomic E-state index is 0.0753. The first-order valence-corrected chi connectivity index (χ1v) is 7.12. The number of hydrogen-bond acceptors (Lipinski definition) is 1. The first-order chi connectivity index (χ1) is 9.16. The van der Waals surface area contributed by atoms with Gasteiger partial charge in [-0.05, 0) is 59.8 Å². The summed E-state index contributed by atoms with van der Waals surface area (Å²) in [5.74, 6) is 0.0753. The number of para-hydroxylation sites is 1. The van der Waals surface area contributed by atoms with Gasteiger partial charge in [-0.25, -0.2) is 0 Å². The molecule has 1 aromatic heterocycles. The van der Waals surface area contributed by atoms with E-state index in [4.69, 9.17) is 0 Å². The second-order valence-electron chi connectivity index (χ2n) is 4.51. The number of aromatic amines is 1. The summed E-state index contributed by atoms with van der Waals surface area (Å²) in [4.78, 5) is 15.9. The highest BCUT2D eigenvalue weighted by Gasteiger charge is 2.17. The van der Waals surface area contributed by atoms with E-state index >= 15 is 0 Å². The van der Waals surface area contributed by atoms with Crippen LogP contribution in [0.5, 0.6) is 0 Å². The number of carbonyl (C=O) groups is 1. The molecule has 3 aromatic rings. The number of nitrogens with one attached hydrogen (secondary N) is 1. The molecule has 2 nitrogen and oxygen atoms in total. The molecule has 0 fully saturated rings. The second kappa shape index (κ2) is 4.81. The number of aromatic nitrogens is 1. The molecule has 0 radical (unpaired) electrons. The van der Waals surface area contributed by atoms with Gasteiger partial charge in [0.25, 0.3) is 0 Å². The number of benzene rings is 2. The molecule has 0 bridgehead atoms. The van der Waals surface area contributed by atoms with Gasteiger partial charge in [0.05, 0.1) is 5.56 Å². The van der Waals surface area contributed by atoms with Crippen LogP contribution in [0.3, 0.4) is 0 Å². The summed E-state index contributed by atoms with van der Waals surface area (Å²) in [6.45, 7) is 1.94. The first-order valence-electron chi connectivity index (χ1n) is 6.04. The maximum atomic E-state index is 12.6. The topological polar surface area (TPSA) is 32.9 Å². The van der Waals surface area contributed by atoms with E-state index in [1.165, 1.54) is 0 Å². The van der Waals surface area contributed by atoms with Crippen LogP contribution in [0.15, 0.2) is 48.5 Å². The predicted molar refractivity (Wildman–Crippen MR) is 85.6 cm³/mol. The average molecular weight is 361 g/mol. The van der Waals surface area contributed by atoms with Gasteiger partial charge in [-0.1, -0.05) is 18.2 Å². The molecule has 0 aliphatic rings. The standard InChI is InChI=1S/C16H12INO/c1-10-15(13-4-2-3-5-14(13)18-10)16(19)11-6-8-12(17)9-7-11/h2-9,18H,1H3. The minimum Gasteiger partial charge on any atom is -0.358 e. The Balaban J connectivity index is 2.16. The van der Waals surface area contributed by atoms with Crippen LogP contribution >= 0.6 is 22.6 Å². The van der Waals surface area contributed by atoms with E-state index < -0.39 is 0 Å². The number of carbonyl (C=O) groups excluding carboxylic acids is 1. The van der Waals surface area contributed by atoms with Gasteiger partial charge in [-0.15, -0.1) is 0 Å². The Hall–Kier alpha value is -1.62. The summed E-state index contributed by atoms with van der Waals surface area (Å²) in [7, 11) is 0. The van der Waals surface area contributed by atoms with Crippen molar-refractivity contribution in [3.8, 4) is 0 Å². The Bertz CT molecular complexity index is 756. The van der Waals surface area contributed by atoms with Crippen molar-refractivity contribution < 1.29 is 4.79 Å². The van der Waals surface area contributed by atoms with Crippen LogP contribution < -0.4 is 0 Å². The number of fused-ring (bicyclic) bond motifs is 1. The predicted octanol–water partition coefficient (Wildman–Crippen LogP) is 4.31. The summed E-state index contributed by atoms with van der Waals surface area (Å²) >= 11 is 2.24. The van der Waals surface area contributed by atoms with Crippen LogP contribution in [0.4, 0.5) is 0 Å². The molecule has 0 aliphatic carbocycles. The number of rotatable bonds is 2. The summed E-state index contributed by atoms with van der Waals surface area (Å²) in [6.07, 6.45) is 0. The molecule has 2 aromatic carbocycles. The molecular weight excluding hydrogens is 349 g/mol. The molecule has 0 atom stereocenters. The molecule has 0 saturated heterocycles. The van der Waals surface area contributed by atoms with Crippen molar-refractivity contribution in [2.24, 2.45) is 0 Å². The molecule has 19 heavy (non-hydrogen) atoms. The first kappa shape index (κ1) is 12.4. The summed E-state index contributed by atoms with van der Waals surface area (Å²) in [5.41, 5.74) is 3.43. The fourth-order valence-electron chi connectivity index (χ4n) is 2.31. The van der Waals surface area contributed by atoms with Crippen LogP contribution in [0, 0.1) is 10.5 Å². The van der Waals surface area contributed by atoms with Crippen LogP contribution in [0.1, 0.15) is 21.6 Å². The van der Waals surface area contributed by atoms with E-state index in [2.05, 4.69) is 27.6 Å². The van der Waals surface area contributed by atoms with E-state index in [9.17, 15) is 4.79 Å². The molecule has 3 heteroatoms. The van der Waals surface area contributed by atoms with E-state index in [1.54, 1.807) is 0 Å². The number of halogens is 1. The molecular formula is C16H12INO. The molecule has 94 valence electrons. The maximum Gasteiger partial charge on any atom is 0.195 e. The van der Waals surface area contributed by atoms with Crippen molar-refractivity contribution in [3.63, 3.8) is 0 Å². The monoisotopic (exact) mass is 361 g/mol. The number of H-pyrrole nitrogens is 1. The Morgan fingerprint density at radius 1 is 1.05 bits per heavy atom. The van der Waals surface area contributed by atoms with E-state index in [-0.39, 0.29) is 5.78 Å². The summed E-state index contributed by atoms with van der Waals surface area (Å²) in [5, 5.41) is 0.989. The van der Waals surface area contributed by atoms with Crippen molar-refractivity contribution in [3.05, 3.63) is 68.9 Å². The summed E-state index contributed by atoms with van der Waals surface area (Å²) in [6, 6.07) is 15.6. The van der Waals surface area contributed by atoms with E-state index in [0.29, 0.717) is 0 Å². The molecule has 0 amide bonds. The number of hydrogen-bond donors (Lipinski definition) is 1. The zero-order valence-electron chi connectivity index (χ0n) is 10.4. The van der Waals surface area contributed by atoms with Gasteiger partial charge in [0, 0.05) is 25.7 Å². The Labute approximate surface area is 125 Å². The minimum atomic E-state index is 0.0753. The van der Waals surface area contributed by atoms with E-state index in [1.807, 2.05) is 55.5 Å². The van der Waals surface area contributed by atoms with Crippen molar-refractivity contribution in [1.82, 2.24) is 4.98 Å². The fraction of sp³-hybridized carbons (Fsp3) is 0.0625.